The number of hydrogen-bond donors (Lipinski definition) is 1. The van der Waals surface area contributed by atoms with Crippen LogP contribution in [0.15, 0.2) is 18.2 Å². The van der Waals surface area contributed by atoms with Crippen molar-refractivity contribution in [2.24, 2.45) is 0 Å². The fraction of sp³-hybridized carbons (Fsp3) is 0.533. The third-order valence-corrected chi connectivity index (χ3v) is 5.29. The number of anilines is 1. The molecule has 2 heterocycles. The second-order valence-electron chi connectivity index (χ2n) is 5.28. The molecule has 0 spiro atoms. The molecule has 1 fully saturated rings. The average molecular weight is 277 g/mol. The van der Waals surface area contributed by atoms with Gasteiger partial charge in [-0.25, -0.2) is 4.79 Å². The van der Waals surface area contributed by atoms with Gasteiger partial charge in [-0.3, -0.25) is 0 Å². The summed E-state index contributed by atoms with van der Waals surface area (Å²) in [6, 6.07) is 6.30. The first-order valence-corrected chi connectivity index (χ1v) is 8.12. The van der Waals surface area contributed by atoms with Gasteiger partial charge in [0.05, 0.1) is 5.56 Å². The first kappa shape index (κ1) is 12.9. The van der Waals surface area contributed by atoms with Gasteiger partial charge in [0.2, 0.25) is 0 Å². The van der Waals surface area contributed by atoms with E-state index in [0.29, 0.717) is 11.6 Å². The maximum Gasteiger partial charge on any atom is 0.336 e. The van der Waals surface area contributed by atoms with Crippen LogP contribution in [-0.4, -0.2) is 35.2 Å². The summed E-state index contributed by atoms with van der Waals surface area (Å²) in [7, 11) is 0. The van der Waals surface area contributed by atoms with Crippen molar-refractivity contribution in [1.82, 2.24) is 0 Å². The number of aromatic carboxylic acids is 1. The molecule has 2 aliphatic rings. The minimum atomic E-state index is -0.795. The summed E-state index contributed by atoms with van der Waals surface area (Å²) in [5, 5.41) is 9.31. The van der Waals surface area contributed by atoms with Crippen molar-refractivity contribution in [2.75, 3.05) is 23.0 Å². The smallest absolute Gasteiger partial charge is 0.336 e. The van der Waals surface area contributed by atoms with Gasteiger partial charge in [-0.1, -0.05) is 6.07 Å². The van der Waals surface area contributed by atoms with Crippen LogP contribution in [0.3, 0.4) is 0 Å². The lowest BCUT2D eigenvalue weighted by molar-refractivity contribution is 0.0695. The minimum absolute atomic E-state index is 0.491. The Balaban J connectivity index is 1.95. The van der Waals surface area contributed by atoms with Crippen LogP contribution in [0.5, 0.6) is 0 Å². The Kier molecular flexibility index (Phi) is 3.69. The molecular weight excluding hydrogens is 258 g/mol. The van der Waals surface area contributed by atoms with E-state index in [9.17, 15) is 9.90 Å². The molecule has 1 unspecified atom stereocenters. The third kappa shape index (κ3) is 2.46. The molecular formula is C15H19NO2S. The number of carbonyl (C=O) groups is 1. The van der Waals surface area contributed by atoms with E-state index in [-0.39, 0.29) is 0 Å². The van der Waals surface area contributed by atoms with Gasteiger partial charge in [0.1, 0.15) is 0 Å². The first-order valence-electron chi connectivity index (χ1n) is 6.97. The molecule has 3 nitrogen and oxygen atoms in total. The van der Waals surface area contributed by atoms with Crippen molar-refractivity contribution in [2.45, 2.75) is 31.7 Å². The van der Waals surface area contributed by atoms with E-state index in [4.69, 9.17) is 0 Å². The quantitative estimate of drug-likeness (QED) is 0.902. The fourth-order valence-electron chi connectivity index (χ4n) is 3.20. The maximum absolute atomic E-state index is 11.3. The summed E-state index contributed by atoms with van der Waals surface area (Å²) in [5.74, 6) is 1.65. The van der Waals surface area contributed by atoms with Crippen molar-refractivity contribution in [3.05, 3.63) is 29.3 Å². The molecule has 1 N–H and O–H groups in total. The van der Waals surface area contributed by atoms with E-state index in [1.807, 2.05) is 17.8 Å². The van der Waals surface area contributed by atoms with Gasteiger partial charge in [0.15, 0.2) is 0 Å². The van der Waals surface area contributed by atoms with Crippen LogP contribution in [0, 0.1) is 0 Å². The predicted octanol–water partition coefficient (Wildman–Crippen LogP) is 3.03. The fourth-order valence-corrected chi connectivity index (χ4v) is 4.36. The second kappa shape index (κ2) is 5.45. The van der Waals surface area contributed by atoms with Crippen molar-refractivity contribution in [1.29, 1.82) is 0 Å². The highest BCUT2D eigenvalue weighted by Crippen LogP contribution is 2.34. The largest absolute Gasteiger partial charge is 0.478 e. The molecule has 1 aromatic carbocycles. The van der Waals surface area contributed by atoms with Crippen molar-refractivity contribution < 1.29 is 9.90 Å². The van der Waals surface area contributed by atoms with E-state index < -0.39 is 5.97 Å². The Morgan fingerprint density at radius 1 is 1.37 bits per heavy atom. The lowest BCUT2D eigenvalue weighted by Crippen LogP contribution is -2.42. The van der Waals surface area contributed by atoms with Crippen LogP contribution >= 0.6 is 11.8 Å². The molecule has 1 aromatic rings. The molecule has 1 saturated heterocycles. The molecule has 0 saturated carbocycles. The Labute approximate surface area is 118 Å². The molecule has 0 radical (unpaired) electrons. The molecule has 0 amide bonds. The number of benzene rings is 1. The monoisotopic (exact) mass is 277 g/mol. The topological polar surface area (TPSA) is 40.5 Å². The Morgan fingerprint density at radius 3 is 3.00 bits per heavy atom. The van der Waals surface area contributed by atoms with Crippen molar-refractivity contribution >= 4 is 23.4 Å². The summed E-state index contributed by atoms with van der Waals surface area (Å²) in [4.78, 5) is 13.8. The number of rotatable bonds is 2. The minimum Gasteiger partial charge on any atom is -0.478 e. The number of carboxylic acid groups (broad SMARTS) is 1. The average Bonchev–Trinajstić information content (AvgIpc) is 2.46. The van der Waals surface area contributed by atoms with Gasteiger partial charge in [-0.2, -0.15) is 11.8 Å². The molecule has 0 aliphatic carbocycles. The Morgan fingerprint density at radius 2 is 2.26 bits per heavy atom. The summed E-state index contributed by atoms with van der Waals surface area (Å²) < 4.78 is 0. The number of nitrogens with zero attached hydrogens (tertiary/aromatic N) is 1. The standard InChI is InChI=1S/C15H19NO2S/c17-15(18)13-5-1-7-14-12(13)6-2-8-16(14)11-4-3-9-19-10-11/h1,5,7,11H,2-4,6,8-10H2,(H,17,18). The Bertz CT molecular complexity index is 483. The van der Waals surface area contributed by atoms with E-state index in [1.54, 1.807) is 6.07 Å². The van der Waals surface area contributed by atoms with Gasteiger partial charge >= 0.3 is 5.97 Å². The van der Waals surface area contributed by atoms with E-state index in [1.165, 1.54) is 30.0 Å². The van der Waals surface area contributed by atoms with Crippen molar-refractivity contribution in [3.63, 3.8) is 0 Å². The molecule has 19 heavy (non-hydrogen) atoms. The SMILES string of the molecule is O=C(O)c1cccc2c1CCCN2C1CCCSC1. The van der Waals surface area contributed by atoms with E-state index in [2.05, 4.69) is 11.0 Å². The summed E-state index contributed by atoms with van der Waals surface area (Å²) in [6.07, 6.45) is 4.48. The van der Waals surface area contributed by atoms with Crippen LogP contribution < -0.4 is 4.90 Å². The van der Waals surface area contributed by atoms with Gasteiger partial charge in [0, 0.05) is 24.0 Å². The lowest BCUT2D eigenvalue weighted by atomic mass is 9.94. The van der Waals surface area contributed by atoms with Gasteiger partial charge in [-0.15, -0.1) is 0 Å². The summed E-state index contributed by atoms with van der Waals surface area (Å²) >= 11 is 2.02. The predicted molar refractivity (Wildman–Crippen MR) is 79.4 cm³/mol. The second-order valence-corrected chi connectivity index (χ2v) is 6.43. The zero-order valence-corrected chi connectivity index (χ0v) is 11.8. The van der Waals surface area contributed by atoms with Gasteiger partial charge < -0.3 is 10.0 Å². The van der Waals surface area contributed by atoms with Crippen LogP contribution in [0.4, 0.5) is 5.69 Å². The number of thioether (sulfide) groups is 1. The molecule has 2 aliphatic heterocycles. The van der Waals surface area contributed by atoms with Crippen LogP contribution in [0.1, 0.15) is 35.2 Å². The normalized spacial score (nSPS) is 22.9. The maximum atomic E-state index is 11.3. The molecule has 4 heteroatoms. The van der Waals surface area contributed by atoms with Gasteiger partial charge in [-0.05, 0) is 49.1 Å². The zero-order chi connectivity index (χ0) is 13.2. The molecule has 0 aromatic heterocycles. The molecule has 3 rings (SSSR count). The third-order valence-electron chi connectivity index (χ3n) is 4.09. The van der Waals surface area contributed by atoms with Crippen LogP contribution in [0.2, 0.25) is 0 Å². The number of carboxylic acids is 1. The lowest BCUT2D eigenvalue weighted by Gasteiger charge is -2.40. The van der Waals surface area contributed by atoms with Crippen molar-refractivity contribution in [3.8, 4) is 0 Å². The first-order chi connectivity index (χ1) is 9.27. The highest BCUT2D eigenvalue weighted by Gasteiger charge is 2.27. The van der Waals surface area contributed by atoms with Crippen LogP contribution in [0.25, 0.3) is 0 Å². The van der Waals surface area contributed by atoms with Gasteiger partial charge in [0.25, 0.3) is 0 Å². The summed E-state index contributed by atoms with van der Waals surface area (Å²) in [5.41, 5.74) is 2.70. The van der Waals surface area contributed by atoms with E-state index in [0.717, 1.165) is 24.9 Å². The zero-order valence-electron chi connectivity index (χ0n) is 11.0. The summed E-state index contributed by atoms with van der Waals surface area (Å²) in [6.45, 7) is 1.07. The number of fused-ring (bicyclic) bond motifs is 1. The molecule has 0 bridgehead atoms. The van der Waals surface area contributed by atoms with Crippen LogP contribution in [-0.2, 0) is 6.42 Å². The highest BCUT2D eigenvalue weighted by atomic mass is 32.2. The molecule has 1 atom stereocenters. The molecule has 102 valence electrons. The number of hydrogen-bond acceptors (Lipinski definition) is 3. The Hall–Kier alpha value is -1.16. The highest BCUT2D eigenvalue weighted by molar-refractivity contribution is 7.99. The van der Waals surface area contributed by atoms with E-state index >= 15 is 0 Å².